The second-order valence-corrected chi connectivity index (χ2v) is 5.83. The Labute approximate surface area is 128 Å². The van der Waals surface area contributed by atoms with Gasteiger partial charge < -0.3 is 0 Å². The molecule has 2 aromatic carbocycles. The molecule has 1 heterocycles. The molecule has 0 amide bonds. The van der Waals surface area contributed by atoms with E-state index in [4.69, 9.17) is 5.26 Å². The van der Waals surface area contributed by atoms with Crippen molar-refractivity contribution in [3.8, 4) is 16.5 Å². The predicted molar refractivity (Wildman–Crippen MR) is 86.1 cm³/mol. The highest BCUT2D eigenvalue weighted by molar-refractivity contribution is 7.15. The maximum Gasteiger partial charge on any atom is 0.108 e. The van der Waals surface area contributed by atoms with Crippen LogP contribution >= 0.6 is 11.3 Å². The first kappa shape index (κ1) is 13.5. The van der Waals surface area contributed by atoms with E-state index in [1.54, 1.807) is 11.3 Å². The summed E-state index contributed by atoms with van der Waals surface area (Å²) in [6.45, 7) is 0. The molecule has 102 valence electrons. The molecule has 3 aromatic rings. The number of nitriles is 1. The van der Waals surface area contributed by atoms with Gasteiger partial charge in [-0.25, -0.2) is 4.98 Å². The Balaban J connectivity index is 2.00. The maximum atomic E-state index is 8.90. The molecule has 0 atom stereocenters. The molecule has 0 aliphatic rings. The summed E-state index contributed by atoms with van der Waals surface area (Å²) in [7, 11) is 0. The smallest absolute Gasteiger partial charge is 0.108 e. The van der Waals surface area contributed by atoms with Gasteiger partial charge in [-0.1, -0.05) is 60.7 Å². The van der Waals surface area contributed by atoms with Crippen LogP contribution in [0.5, 0.6) is 0 Å². The number of benzene rings is 2. The van der Waals surface area contributed by atoms with Crippen LogP contribution < -0.4 is 0 Å². The number of aromatic nitrogens is 1. The standard InChI is InChI=1S/C18H14N2S/c19-12-11-17-20-16(13-14-7-3-1-4-8-14)18(21-17)15-9-5-2-6-10-15/h1-10H,11,13H2. The van der Waals surface area contributed by atoms with Crippen molar-refractivity contribution < 1.29 is 0 Å². The molecule has 0 aliphatic heterocycles. The molecule has 0 aliphatic carbocycles. The molecule has 0 saturated heterocycles. The number of rotatable bonds is 4. The van der Waals surface area contributed by atoms with Gasteiger partial charge in [0, 0.05) is 6.42 Å². The van der Waals surface area contributed by atoms with Crippen molar-refractivity contribution in [1.29, 1.82) is 5.26 Å². The first-order valence-electron chi connectivity index (χ1n) is 6.81. The molecular formula is C18H14N2S. The van der Waals surface area contributed by atoms with Crippen LogP contribution in [0.2, 0.25) is 0 Å². The van der Waals surface area contributed by atoms with Gasteiger partial charge >= 0.3 is 0 Å². The van der Waals surface area contributed by atoms with Crippen molar-refractivity contribution in [2.24, 2.45) is 0 Å². The summed E-state index contributed by atoms with van der Waals surface area (Å²) in [5.41, 5.74) is 3.47. The van der Waals surface area contributed by atoms with Crippen molar-refractivity contribution in [3.05, 3.63) is 76.9 Å². The molecule has 0 radical (unpaired) electrons. The van der Waals surface area contributed by atoms with E-state index in [1.165, 1.54) is 16.0 Å². The van der Waals surface area contributed by atoms with Gasteiger partial charge in [0.25, 0.3) is 0 Å². The van der Waals surface area contributed by atoms with Crippen LogP contribution in [-0.4, -0.2) is 4.98 Å². The highest BCUT2D eigenvalue weighted by Gasteiger charge is 2.13. The second kappa shape index (κ2) is 6.34. The van der Waals surface area contributed by atoms with Crippen molar-refractivity contribution >= 4 is 11.3 Å². The summed E-state index contributed by atoms with van der Waals surface area (Å²) in [6, 6.07) is 22.8. The zero-order chi connectivity index (χ0) is 14.5. The van der Waals surface area contributed by atoms with Gasteiger partial charge in [-0.15, -0.1) is 11.3 Å². The minimum Gasteiger partial charge on any atom is -0.244 e. The topological polar surface area (TPSA) is 36.7 Å². The highest BCUT2D eigenvalue weighted by Crippen LogP contribution is 2.31. The summed E-state index contributed by atoms with van der Waals surface area (Å²) in [6.07, 6.45) is 1.17. The van der Waals surface area contributed by atoms with Crippen molar-refractivity contribution in [1.82, 2.24) is 4.98 Å². The quantitative estimate of drug-likeness (QED) is 0.711. The third-order valence-corrected chi connectivity index (χ3v) is 4.37. The number of hydrogen-bond acceptors (Lipinski definition) is 3. The monoisotopic (exact) mass is 290 g/mol. The Bertz CT molecular complexity index is 755. The van der Waals surface area contributed by atoms with E-state index in [2.05, 4.69) is 35.3 Å². The van der Waals surface area contributed by atoms with Gasteiger partial charge in [0.2, 0.25) is 0 Å². The third kappa shape index (κ3) is 3.18. The lowest BCUT2D eigenvalue weighted by Gasteiger charge is -2.02. The Morgan fingerprint density at radius 3 is 2.29 bits per heavy atom. The zero-order valence-electron chi connectivity index (χ0n) is 11.5. The van der Waals surface area contributed by atoms with E-state index in [0.29, 0.717) is 6.42 Å². The molecule has 3 rings (SSSR count). The van der Waals surface area contributed by atoms with Crippen LogP contribution in [0.4, 0.5) is 0 Å². The van der Waals surface area contributed by atoms with Crippen LogP contribution in [0.25, 0.3) is 10.4 Å². The minimum absolute atomic E-state index is 0.374. The summed E-state index contributed by atoms with van der Waals surface area (Å²) in [5, 5.41) is 9.79. The molecule has 21 heavy (non-hydrogen) atoms. The van der Waals surface area contributed by atoms with Gasteiger partial charge in [-0.3, -0.25) is 0 Å². The zero-order valence-corrected chi connectivity index (χ0v) is 12.3. The van der Waals surface area contributed by atoms with E-state index < -0.39 is 0 Å². The van der Waals surface area contributed by atoms with Crippen molar-refractivity contribution in [3.63, 3.8) is 0 Å². The van der Waals surface area contributed by atoms with E-state index in [9.17, 15) is 0 Å². The first-order chi connectivity index (χ1) is 10.4. The predicted octanol–water partition coefficient (Wildman–Crippen LogP) is 4.47. The summed E-state index contributed by atoms with van der Waals surface area (Å²) in [4.78, 5) is 5.84. The fourth-order valence-corrected chi connectivity index (χ4v) is 3.29. The lowest BCUT2D eigenvalue weighted by atomic mass is 10.1. The third-order valence-electron chi connectivity index (χ3n) is 3.22. The largest absolute Gasteiger partial charge is 0.244 e. The summed E-state index contributed by atoms with van der Waals surface area (Å²) >= 11 is 1.62. The molecule has 0 unspecified atom stereocenters. The number of nitrogens with zero attached hydrogens (tertiary/aromatic N) is 2. The average Bonchev–Trinajstić information content (AvgIpc) is 2.92. The maximum absolute atomic E-state index is 8.90. The molecule has 2 nitrogen and oxygen atoms in total. The van der Waals surface area contributed by atoms with Crippen LogP contribution in [0.1, 0.15) is 16.3 Å². The SMILES string of the molecule is N#CCc1nc(Cc2ccccc2)c(-c2ccccc2)s1. The highest BCUT2D eigenvalue weighted by atomic mass is 32.1. The van der Waals surface area contributed by atoms with Gasteiger partial charge in [0.05, 0.1) is 23.1 Å². The van der Waals surface area contributed by atoms with Gasteiger partial charge in [0.15, 0.2) is 0 Å². The fraction of sp³-hybridized carbons (Fsp3) is 0.111. The van der Waals surface area contributed by atoms with Crippen molar-refractivity contribution in [2.45, 2.75) is 12.8 Å². The Morgan fingerprint density at radius 2 is 1.62 bits per heavy atom. The Morgan fingerprint density at radius 1 is 0.952 bits per heavy atom. The lowest BCUT2D eigenvalue weighted by Crippen LogP contribution is -1.91. The second-order valence-electron chi connectivity index (χ2n) is 4.75. The van der Waals surface area contributed by atoms with Crippen LogP contribution in [0.3, 0.4) is 0 Å². The minimum atomic E-state index is 0.374. The molecule has 0 bridgehead atoms. The molecule has 0 N–H and O–H groups in total. The van der Waals surface area contributed by atoms with Crippen LogP contribution in [0.15, 0.2) is 60.7 Å². The van der Waals surface area contributed by atoms with Gasteiger partial charge in [-0.05, 0) is 11.1 Å². The van der Waals surface area contributed by atoms with Crippen LogP contribution in [-0.2, 0) is 12.8 Å². The summed E-state index contributed by atoms with van der Waals surface area (Å²) in [5.74, 6) is 0. The molecule has 3 heteroatoms. The number of hydrogen-bond donors (Lipinski definition) is 0. The van der Waals surface area contributed by atoms with Gasteiger partial charge in [-0.2, -0.15) is 5.26 Å². The molecule has 0 saturated carbocycles. The van der Waals surface area contributed by atoms with E-state index in [-0.39, 0.29) is 0 Å². The van der Waals surface area contributed by atoms with E-state index in [1.807, 2.05) is 36.4 Å². The molecule has 0 fully saturated rings. The molecule has 0 spiro atoms. The molecule has 1 aromatic heterocycles. The van der Waals surface area contributed by atoms with Gasteiger partial charge in [0.1, 0.15) is 5.01 Å². The van der Waals surface area contributed by atoms with Crippen LogP contribution in [0, 0.1) is 11.3 Å². The number of thiazole rings is 1. The van der Waals surface area contributed by atoms with E-state index >= 15 is 0 Å². The first-order valence-corrected chi connectivity index (χ1v) is 7.63. The average molecular weight is 290 g/mol. The fourth-order valence-electron chi connectivity index (χ4n) is 2.27. The summed E-state index contributed by atoms with van der Waals surface area (Å²) < 4.78 is 0. The molecular weight excluding hydrogens is 276 g/mol. The Hall–Kier alpha value is -2.44. The Kier molecular flexibility index (Phi) is 4.09. The van der Waals surface area contributed by atoms with Crippen molar-refractivity contribution in [2.75, 3.05) is 0 Å². The normalized spacial score (nSPS) is 10.2. The van der Waals surface area contributed by atoms with E-state index in [0.717, 1.165) is 17.1 Å². The lowest BCUT2D eigenvalue weighted by molar-refractivity contribution is 1.06.